The average molecular weight is 268 g/mol. The summed E-state index contributed by atoms with van der Waals surface area (Å²) < 4.78 is 36.4. The smallest absolute Gasteiger partial charge is 0.404 e. The number of carbonyl (C=O) groups is 2. The van der Waals surface area contributed by atoms with E-state index in [2.05, 4.69) is 4.74 Å². The van der Waals surface area contributed by atoms with Gasteiger partial charge < -0.3 is 9.15 Å². The first-order chi connectivity index (χ1) is 8.98. The van der Waals surface area contributed by atoms with Crippen LogP contribution < -0.4 is 0 Å². The number of alkyl halides is 2. The molecule has 0 amide bonds. The van der Waals surface area contributed by atoms with Gasteiger partial charge in [-0.25, -0.2) is 4.79 Å². The lowest BCUT2D eigenvalue weighted by atomic mass is 10.0. The Morgan fingerprint density at radius 2 is 2.00 bits per heavy atom. The summed E-state index contributed by atoms with van der Waals surface area (Å²) >= 11 is 0. The number of carbonyl (C=O) groups excluding carboxylic acids is 2. The molecule has 0 saturated heterocycles. The number of halogens is 2. The summed E-state index contributed by atoms with van der Waals surface area (Å²) in [5.74, 6) is -7.70. The highest BCUT2D eigenvalue weighted by atomic mass is 19.3. The first kappa shape index (κ1) is 13.2. The topological polar surface area (TPSA) is 56.5 Å². The van der Waals surface area contributed by atoms with Gasteiger partial charge in [0, 0.05) is 5.39 Å². The van der Waals surface area contributed by atoms with Crippen LogP contribution in [0.5, 0.6) is 0 Å². The Morgan fingerprint density at radius 1 is 1.32 bits per heavy atom. The summed E-state index contributed by atoms with van der Waals surface area (Å²) in [6, 6.07) is 6.22. The van der Waals surface area contributed by atoms with Crippen LogP contribution in [0.25, 0.3) is 11.0 Å². The highest BCUT2D eigenvalue weighted by Gasteiger charge is 2.50. The summed E-state index contributed by atoms with van der Waals surface area (Å²) in [4.78, 5) is 22.9. The van der Waals surface area contributed by atoms with Crippen molar-refractivity contribution in [1.82, 2.24) is 0 Å². The van der Waals surface area contributed by atoms with E-state index < -0.39 is 17.7 Å². The van der Waals surface area contributed by atoms with Crippen LogP contribution in [0.3, 0.4) is 0 Å². The number of ether oxygens (including phenoxy) is 1. The summed E-state index contributed by atoms with van der Waals surface area (Å²) in [5, 5.41) is 0.233. The Labute approximate surface area is 106 Å². The summed E-state index contributed by atoms with van der Waals surface area (Å²) in [6.07, 6.45) is 0.917. The zero-order chi connectivity index (χ0) is 14.0. The standard InChI is InChI=1S/C13H10F2O4/c1-2-18-12(17)13(14,15)11(16)9-7-19-10-6-4-3-5-8(9)10/h3-7H,2H2,1H3. The highest BCUT2D eigenvalue weighted by molar-refractivity contribution is 6.18. The Balaban J connectivity index is 2.41. The van der Waals surface area contributed by atoms with E-state index in [0.717, 1.165) is 6.26 Å². The van der Waals surface area contributed by atoms with Gasteiger partial charge in [0.05, 0.1) is 12.2 Å². The molecule has 0 atom stereocenters. The molecule has 1 aromatic heterocycles. The van der Waals surface area contributed by atoms with Crippen LogP contribution in [-0.4, -0.2) is 24.3 Å². The molecule has 6 heteroatoms. The van der Waals surface area contributed by atoms with E-state index in [1.54, 1.807) is 12.1 Å². The molecule has 0 aliphatic rings. The molecule has 2 aromatic rings. The van der Waals surface area contributed by atoms with E-state index in [1.165, 1.54) is 19.1 Å². The Kier molecular flexibility index (Phi) is 3.33. The molecule has 0 N–H and O–H groups in total. The maximum atomic E-state index is 13.6. The van der Waals surface area contributed by atoms with E-state index in [9.17, 15) is 18.4 Å². The van der Waals surface area contributed by atoms with Crippen LogP contribution in [0.15, 0.2) is 34.9 Å². The predicted molar refractivity (Wildman–Crippen MR) is 62.1 cm³/mol. The fraction of sp³-hybridized carbons (Fsp3) is 0.231. The van der Waals surface area contributed by atoms with Gasteiger partial charge in [-0.1, -0.05) is 18.2 Å². The van der Waals surface area contributed by atoms with Crippen molar-refractivity contribution in [3.05, 3.63) is 36.1 Å². The van der Waals surface area contributed by atoms with Gasteiger partial charge in [-0.15, -0.1) is 0 Å². The maximum absolute atomic E-state index is 13.6. The maximum Gasteiger partial charge on any atom is 0.404 e. The monoisotopic (exact) mass is 268 g/mol. The van der Waals surface area contributed by atoms with E-state index >= 15 is 0 Å². The third kappa shape index (κ3) is 2.21. The van der Waals surface area contributed by atoms with Gasteiger partial charge in [0.15, 0.2) is 0 Å². The van der Waals surface area contributed by atoms with Gasteiger partial charge in [-0.05, 0) is 13.0 Å². The second kappa shape index (κ2) is 4.79. The van der Waals surface area contributed by atoms with E-state index in [-0.39, 0.29) is 17.6 Å². The SMILES string of the molecule is CCOC(=O)C(F)(F)C(=O)c1coc2ccccc12. The summed E-state index contributed by atoms with van der Waals surface area (Å²) in [7, 11) is 0. The predicted octanol–water partition coefficient (Wildman–Crippen LogP) is 2.81. The largest absolute Gasteiger partial charge is 0.464 e. The van der Waals surface area contributed by atoms with Crippen LogP contribution >= 0.6 is 0 Å². The molecule has 0 fully saturated rings. The number of fused-ring (bicyclic) bond motifs is 1. The first-order valence-corrected chi connectivity index (χ1v) is 5.54. The number of esters is 1. The molecule has 0 aliphatic carbocycles. The van der Waals surface area contributed by atoms with Crippen LogP contribution in [0.4, 0.5) is 8.78 Å². The number of hydrogen-bond donors (Lipinski definition) is 0. The highest BCUT2D eigenvalue weighted by Crippen LogP contribution is 2.28. The van der Waals surface area contributed by atoms with Crippen molar-refractivity contribution in [3.8, 4) is 0 Å². The van der Waals surface area contributed by atoms with Crippen LogP contribution in [0.1, 0.15) is 17.3 Å². The zero-order valence-corrected chi connectivity index (χ0v) is 9.98. The van der Waals surface area contributed by atoms with Crippen LogP contribution in [-0.2, 0) is 9.53 Å². The lowest BCUT2D eigenvalue weighted by Gasteiger charge is -2.12. The van der Waals surface area contributed by atoms with Gasteiger partial charge in [-0.2, -0.15) is 8.78 Å². The Hall–Kier alpha value is -2.24. The van der Waals surface area contributed by atoms with Gasteiger partial charge in [0.1, 0.15) is 11.8 Å². The van der Waals surface area contributed by atoms with Crippen molar-refractivity contribution in [2.75, 3.05) is 6.61 Å². The molecule has 0 unspecified atom stereocenters. The molecule has 1 aromatic carbocycles. The average Bonchev–Trinajstić information content (AvgIpc) is 2.81. The molecule has 100 valence electrons. The fourth-order valence-corrected chi connectivity index (χ4v) is 1.64. The van der Waals surface area contributed by atoms with E-state index in [0.29, 0.717) is 5.58 Å². The van der Waals surface area contributed by atoms with Crippen molar-refractivity contribution in [2.24, 2.45) is 0 Å². The minimum atomic E-state index is -4.22. The molecule has 0 aliphatic heterocycles. The van der Waals surface area contributed by atoms with Crippen molar-refractivity contribution in [2.45, 2.75) is 12.8 Å². The molecule has 0 spiro atoms. The second-order valence-corrected chi connectivity index (χ2v) is 3.77. The van der Waals surface area contributed by atoms with Crippen molar-refractivity contribution in [1.29, 1.82) is 0 Å². The van der Waals surface area contributed by atoms with Gasteiger partial charge in [-0.3, -0.25) is 4.79 Å². The number of furan rings is 1. The lowest BCUT2D eigenvalue weighted by Crippen LogP contribution is -2.39. The quantitative estimate of drug-likeness (QED) is 0.486. The third-order valence-electron chi connectivity index (χ3n) is 2.54. The normalized spacial score (nSPS) is 11.5. The summed E-state index contributed by atoms with van der Waals surface area (Å²) in [6.45, 7) is 1.15. The second-order valence-electron chi connectivity index (χ2n) is 3.77. The fourth-order valence-electron chi connectivity index (χ4n) is 1.64. The zero-order valence-electron chi connectivity index (χ0n) is 9.98. The van der Waals surface area contributed by atoms with Crippen molar-refractivity contribution >= 4 is 22.7 Å². The third-order valence-corrected chi connectivity index (χ3v) is 2.54. The van der Waals surface area contributed by atoms with Crippen molar-refractivity contribution < 1.29 is 27.5 Å². The molecule has 0 radical (unpaired) electrons. The van der Waals surface area contributed by atoms with E-state index in [1.807, 2.05) is 0 Å². The number of Topliss-reactive ketones (excluding diaryl/α,β-unsaturated/α-hetero) is 1. The molecule has 1 heterocycles. The minimum Gasteiger partial charge on any atom is -0.464 e. The van der Waals surface area contributed by atoms with Crippen molar-refractivity contribution in [3.63, 3.8) is 0 Å². The Morgan fingerprint density at radius 3 is 2.68 bits per heavy atom. The molecule has 2 rings (SSSR count). The molecule has 19 heavy (non-hydrogen) atoms. The van der Waals surface area contributed by atoms with Gasteiger partial charge in [0.2, 0.25) is 5.78 Å². The molecule has 4 nitrogen and oxygen atoms in total. The summed E-state index contributed by atoms with van der Waals surface area (Å²) in [5.41, 5.74) is -0.0424. The number of benzene rings is 1. The Bertz CT molecular complexity index is 630. The van der Waals surface area contributed by atoms with Crippen LogP contribution in [0, 0.1) is 0 Å². The van der Waals surface area contributed by atoms with Gasteiger partial charge in [0.25, 0.3) is 0 Å². The number of rotatable bonds is 4. The first-order valence-electron chi connectivity index (χ1n) is 5.54. The van der Waals surface area contributed by atoms with Crippen LogP contribution in [0.2, 0.25) is 0 Å². The number of hydrogen-bond acceptors (Lipinski definition) is 4. The molecule has 0 bridgehead atoms. The minimum absolute atomic E-state index is 0.228. The molecular formula is C13H10F2O4. The molecular weight excluding hydrogens is 258 g/mol. The number of ketones is 1. The van der Waals surface area contributed by atoms with Gasteiger partial charge >= 0.3 is 11.9 Å². The number of para-hydroxylation sites is 1. The lowest BCUT2D eigenvalue weighted by molar-refractivity contribution is -0.164. The molecule has 0 saturated carbocycles. The van der Waals surface area contributed by atoms with E-state index in [4.69, 9.17) is 4.42 Å².